The lowest BCUT2D eigenvalue weighted by atomic mass is 10.0. The molecule has 0 radical (unpaired) electrons. The molecule has 0 aliphatic carbocycles. The fourth-order valence-electron chi connectivity index (χ4n) is 2.19. The second-order valence-electron chi connectivity index (χ2n) is 5.10. The summed E-state index contributed by atoms with van der Waals surface area (Å²) >= 11 is 0. The summed E-state index contributed by atoms with van der Waals surface area (Å²) in [7, 11) is 0. The van der Waals surface area contributed by atoms with Crippen LogP contribution in [0.4, 0.5) is 0 Å². The van der Waals surface area contributed by atoms with E-state index in [4.69, 9.17) is 5.73 Å². The minimum Gasteiger partial charge on any atom is -0.368 e. The third kappa shape index (κ3) is 4.78. The molecule has 0 bridgehead atoms. The van der Waals surface area contributed by atoms with Gasteiger partial charge in [-0.25, -0.2) is 0 Å². The van der Waals surface area contributed by atoms with Crippen LogP contribution in [0.25, 0.3) is 0 Å². The van der Waals surface area contributed by atoms with Crippen LogP contribution in [0.5, 0.6) is 0 Å². The van der Waals surface area contributed by atoms with E-state index >= 15 is 0 Å². The van der Waals surface area contributed by atoms with Crippen molar-refractivity contribution >= 4 is 17.6 Å². The smallest absolute Gasteiger partial charge is 0.244 e. The first-order valence-electron chi connectivity index (χ1n) is 7.30. The Morgan fingerprint density at radius 1 is 0.870 bits per heavy atom. The summed E-state index contributed by atoms with van der Waals surface area (Å²) < 4.78 is 0. The molecule has 0 saturated carbocycles. The van der Waals surface area contributed by atoms with E-state index in [9.17, 15) is 14.4 Å². The summed E-state index contributed by atoms with van der Waals surface area (Å²) in [6.45, 7) is 0. The number of carbonyl (C=O) groups is 3. The van der Waals surface area contributed by atoms with E-state index in [1.807, 2.05) is 12.1 Å². The van der Waals surface area contributed by atoms with Gasteiger partial charge in [0.05, 0.1) is 0 Å². The zero-order valence-corrected chi connectivity index (χ0v) is 12.6. The van der Waals surface area contributed by atoms with Crippen LogP contribution in [0.1, 0.15) is 34.8 Å². The van der Waals surface area contributed by atoms with Gasteiger partial charge in [-0.15, -0.1) is 0 Å². The molecule has 0 aromatic heterocycles. The SMILES string of the molecule is NC(=O)C(NC(=O)CCC(=O)c1ccccc1)c1ccccc1. The molecule has 0 saturated heterocycles. The molecular formula is C18H18N2O3. The lowest BCUT2D eigenvalue weighted by Gasteiger charge is -2.15. The minimum absolute atomic E-state index is 0.00431. The van der Waals surface area contributed by atoms with Gasteiger partial charge in [-0.2, -0.15) is 0 Å². The van der Waals surface area contributed by atoms with E-state index in [0.29, 0.717) is 11.1 Å². The zero-order valence-electron chi connectivity index (χ0n) is 12.6. The third-order valence-electron chi connectivity index (χ3n) is 3.40. The Bertz CT molecular complexity index is 684. The largest absolute Gasteiger partial charge is 0.368 e. The molecule has 23 heavy (non-hydrogen) atoms. The minimum atomic E-state index is -0.893. The molecule has 2 amide bonds. The van der Waals surface area contributed by atoms with Crippen molar-refractivity contribution < 1.29 is 14.4 Å². The van der Waals surface area contributed by atoms with Crippen LogP contribution in [0.2, 0.25) is 0 Å². The highest BCUT2D eigenvalue weighted by atomic mass is 16.2. The number of primary amides is 1. The molecule has 0 aliphatic heterocycles. The van der Waals surface area contributed by atoms with Crippen LogP contribution >= 0.6 is 0 Å². The normalized spacial score (nSPS) is 11.5. The lowest BCUT2D eigenvalue weighted by Crippen LogP contribution is -2.37. The average Bonchev–Trinajstić information content (AvgIpc) is 2.58. The number of hydrogen-bond acceptors (Lipinski definition) is 3. The topological polar surface area (TPSA) is 89.3 Å². The molecule has 1 unspecified atom stereocenters. The second kappa shape index (κ2) is 7.89. The van der Waals surface area contributed by atoms with Gasteiger partial charge in [0.15, 0.2) is 5.78 Å². The molecule has 1 atom stereocenters. The highest BCUT2D eigenvalue weighted by molar-refractivity contribution is 5.98. The summed E-state index contributed by atoms with van der Waals surface area (Å²) in [6, 6.07) is 16.6. The van der Waals surface area contributed by atoms with Crippen LogP contribution in [-0.4, -0.2) is 17.6 Å². The zero-order chi connectivity index (χ0) is 16.7. The number of carbonyl (C=O) groups excluding carboxylic acids is 3. The monoisotopic (exact) mass is 310 g/mol. The Hall–Kier alpha value is -2.95. The Morgan fingerprint density at radius 2 is 1.43 bits per heavy atom. The Morgan fingerprint density at radius 3 is 2.00 bits per heavy atom. The number of rotatable bonds is 7. The lowest BCUT2D eigenvalue weighted by molar-refractivity contribution is -0.127. The number of ketones is 1. The molecule has 3 N–H and O–H groups in total. The van der Waals surface area contributed by atoms with Crippen LogP contribution in [0.3, 0.4) is 0 Å². The molecule has 5 nitrogen and oxygen atoms in total. The van der Waals surface area contributed by atoms with E-state index in [1.165, 1.54) is 0 Å². The Kier molecular flexibility index (Phi) is 5.63. The van der Waals surface area contributed by atoms with Crippen molar-refractivity contribution in [2.75, 3.05) is 0 Å². The van der Waals surface area contributed by atoms with E-state index in [1.54, 1.807) is 48.5 Å². The van der Waals surface area contributed by atoms with Gasteiger partial charge >= 0.3 is 0 Å². The molecular weight excluding hydrogens is 292 g/mol. The first-order valence-corrected chi connectivity index (χ1v) is 7.30. The summed E-state index contributed by atoms with van der Waals surface area (Å²) in [5.74, 6) is -1.14. The molecule has 118 valence electrons. The number of nitrogens with two attached hydrogens (primary N) is 1. The van der Waals surface area contributed by atoms with Crippen molar-refractivity contribution in [3.8, 4) is 0 Å². The summed E-state index contributed by atoms with van der Waals surface area (Å²) in [5, 5.41) is 2.57. The summed E-state index contributed by atoms with van der Waals surface area (Å²) in [6.07, 6.45) is 0.0838. The third-order valence-corrected chi connectivity index (χ3v) is 3.40. The van der Waals surface area contributed by atoms with Crippen LogP contribution in [-0.2, 0) is 9.59 Å². The standard InChI is InChI=1S/C18H18N2O3/c19-18(23)17(14-9-5-2-6-10-14)20-16(22)12-11-15(21)13-7-3-1-4-8-13/h1-10,17H,11-12H2,(H2,19,23)(H,20,22). The first kappa shape index (κ1) is 16.4. The molecule has 0 fully saturated rings. The molecule has 0 heterocycles. The van der Waals surface area contributed by atoms with Crippen molar-refractivity contribution in [1.82, 2.24) is 5.32 Å². The highest BCUT2D eigenvalue weighted by Crippen LogP contribution is 2.13. The van der Waals surface area contributed by atoms with Gasteiger partial charge in [-0.1, -0.05) is 60.7 Å². The van der Waals surface area contributed by atoms with E-state index in [0.717, 1.165) is 0 Å². The number of amides is 2. The van der Waals surface area contributed by atoms with E-state index in [-0.39, 0.29) is 24.5 Å². The first-order chi connectivity index (χ1) is 11.1. The van der Waals surface area contributed by atoms with Crippen LogP contribution in [0.15, 0.2) is 60.7 Å². The molecule has 2 aromatic carbocycles. The molecule has 0 aliphatic rings. The van der Waals surface area contributed by atoms with Gasteiger partial charge in [-0.05, 0) is 5.56 Å². The van der Waals surface area contributed by atoms with Crippen LogP contribution in [0, 0.1) is 0 Å². The average molecular weight is 310 g/mol. The van der Waals surface area contributed by atoms with Crippen molar-refractivity contribution in [3.05, 3.63) is 71.8 Å². The van der Waals surface area contributed by atoms with Crippen molar-refractivity contribution in [2.45, 2.75) is 18.9 Å². The molecule has 5 heteroatoms. The summed E-state index contributed by atoms with van der Waals surface area (Å²) in [5.41, 5.74) is 6.52. The van der Waals surface area contributed by atoms with Gasteiger partial charge in [0, 0.05) is 18.4 Å². The quantitative estimate of drug-likeness (QED) is 0.766. The van der Waals surface area contributed by atoms with E-state index in [2.05, 4.69) is 5.32 Å². The van der Waals surface area contributed by atoms with Crippen molar-refractivity contribution in [1.29, 1.82) is 0 Å². The number of benzene rings is 2. The maximum Gasteiger partial charge on any atom is 0.244 e. The van der Waals surface area contributed by atoms with Gasteiger partial charge in [0.1, 0.15) is 6.04 Å². The Labute approximate surface area is 134 Å². The number of hydrogen-bond donors (Lipinski definition) is 2. The fourth-order valence-corrected chi connectivity index (χ4v) is 2.19. The number of nitrogens with one attached hydrogen (secondary N) is 1. The van der Waals surface area contributed by atoms with E-state index < -0.39 is 11.9 Å². The highest BCUT2D eigenvalue weighted by Gasteiger charge is 2.20. The van der Waals surface area contributed by atoms with Crippen LogP contribution < -0.4 is 11.1 Å². The second-order valence-corrected chi connectivity index (χ2v) is 5.10. The van der Waals surface area contributed by atoms with Crippen molar-refractivity contribution in [2.24, 2.45) is 5.73 Å². The number of Topliss-reactive ketones (excluding diaryl/α,β-unsaturated/α-hetero) is 1. The van der Waals surface area contributed by atoms with Gasteiger partial charge in [0.2, 0.25) is 11.8 Å². The molecule has 2 rings (SSSR count). The van der Waals surface area contributed by atoms with Gasteiger partial charge in [-0.3, -0.25) is 14.4 Å². The predicted octanol–water partition coefficient (Wildman–Crippen LogP) is 1.99. The van der Waals surface area contributed by atoms with Crippen molar-refractivity contribution in [3.63, 3.8) is 0 Å². The summed E-state index contributed by atoms with van der Waals surface area (Å²) in [4.78, 5) is 35.5. The van der Waals surface area contributed by atoms with Gasteiger partial charge < -0.3 is 11.1 Å². The fraction of sp³-hybridized carbons (Fsp3) is 0.167. The maximum atomic E-state index is 12.0. The molecule has 0 spiro atoms. The van der Waals surface area contributed by atoms with Gasteiger partial charge in [0.25, 0.3) is 0 Å². The molecule has 2 aromatic rings. The Balaban J connectivity index is 1.93. The maximum absolute atomic E-state index is 12.0. The predicted molar refractivity (Wildman–Crippen MR) is 86.5 cm³/mol.